The third-order valence-electron chi connectivity index (χ3n) is 3.23. The molecule has 2 rings (SSSR count). The molecule has 106 valence electrons. The van der Waals surface area contributed by atoms with E-state index in [9.17, 15) is 4.79 Å². The number of likely N-dealkylation sites (N-methyl/N-ethyl adjacent to an activating group) is 1. The van der Waals surface area contributed by atoms with Crippen LogP contribution in [0.2, 0.25) is 0 Å². The standard InChI is InChI=1S/C15H20N4O/c1-11-13(10-19(3)18-11)9-17-14-7-5-4-6-12(14)8-15(20)16-2/h4-7,10,17H,8-9H2,1-3H3,(H,16,20). The first-order valence-corrected chi connectivity index (χ1v) is 6.61. The van der Waals surface area contributed by atoms with E-state index < -0.39 is 0 Å². The Morgan fingerprint density at radius 2 is 2.05 bits per heavy atom. The molecule has 2 N–H and O–H groups in total. The number of rotatable bonds is 5. The molecule has 0 saturated heterocycles. The summed E-state index contributed by atoms with van der Waals surface area (Å²) >= 11 is 0. The lowest BCUT2D eigenvalue weighted by atomic mass is 10.1. The minimum absolute atomic E-state index is 0.0109. The lowest BCUT2D eigenvalue weighted by Gasteiger charge is -2.11. The molecule has 20 heavy (non-hydrogen) atoms. The maximum atomic E-state index is 11.5. The molecule has 1 aromatic carbocycles. The van der Waals surface area contributed by atoms with Crippen molar-refractivity contribution < 1.29 is 4.79 Å². The highest BCUT2D eigenvalue weighted by atomic mass is 16.1. The molecule has 0 atom stereocenters. The minimum Gasteiger partial charge on any atom is -0.381 e. The minimum atomic E-state index is 0.0109. The van der Waals surface area contributed by atoms with E-state index in [1.165, 1.54) is 0 Å². The summed E-state index contributed by atoms with van der Waals surface area (Å²) in [4.78, 5) is 11.5. The highest BCUT2D eigenvalue weighted by molar-refractivity contribution is 5.80. The molecule has 0 bridgehead atoms. The predicted molar refractivity (Wildman–Crippen MR) is 79.5 cm³/mol. The first kappa shape index (κ1) is 14.1. The Bertz CT molecular complexity index is 604. The molecule has 0 aliphatic rings. The number of para-hydroxylation sites is 1. The lowest BCUT2D eigenvalue weighted by Crippen LogP contribution is -2.20. The lowest BCUT2D eigenvalue weighted by molar-refractivity contribution is -0.119. The van der Waals surface area contributed by atoms with Crippen molar-refractivity contribution in [2.45, 2.75) is 19.9 Å². The van der Waals surface area contributed by atoms with Crippen LogP contribution in [0.25, 0.3) is 0 Å². The number of aryl methyl sites for hydroxylation is 2. The van der Waals surface area contributed by atoms with Gasteiger partial charge in [-0.2, -0.15) is 5.10 Å². The maximum absolute atomic E-state index is 11.5. The number of hydrogen-bond donors (Lipinski definition) is 2. The van der Waals surface area contributed by atoms with Gasteiger partial charge in [0.1, 0.15) is 0 Å². The number of aromatic nitrogens is 2. The molecular formula is C15H20N4O. The van der Waals surface area contributed by atoms with Gasteiger partial charge in [0.15, 0.2) is 0 Å². The summed E-state index contributed by atoms with van der Waals surface area (Å²) < 4.78 is 1.81. The first-order valence-electron chi connectivity index (χ1n) is 6.61. The monoisotopic (exact) mass is 272 g/mol. The van der Waals surface area contributed by atoms with Crippen LogP contribution in [0.5, 0.6) is 0 Å². The Balaban J connectivity index is 2.09. The van der Waals surface area contributed by atoms with E-state index in [4.69, 9.17) is 0 Å². The molecule has 2 aromatic rings. The van der Waals surface area contributed by atoms with E-state index >= 15 is 0 Å². The summed E-state index contributed by atoms with van der Waals surface area (Å²) in [6, 6.07) is 7.86. The molecule has 5 heteroatoms. The van der Waals surface area contributed by atoms with E-state index in [1.54, 1.807) is 7.05 Å². The fraction of sp³-hybridized carbons (Fsp3) is 0.333. The van der Waals surface area contributed by atoms with Crippen molar-refractivity contribution in [3.8, 4) is 0 Å². The second-order valence-corrected chi connectivity index (χ2v) is 4.77. The number of nitrogens with zero attached hydrogens (tertiary/aromatic N) is 2. The number of anilines is 1. The summed E-state index contributed by atoms with van der Waals surface area (Å²) in [6.45, 7) is 2.69. The topological polar surface area (TPSA) is 59.0 Å². The molecule has 5 nitrogen and oxygen atoms in total. The maximum Gasteiger partial charge on any atom is 0.224 e. The Kier molecular flexibility index (Phi) is 4.40. The quantitative estimate of drug-likeness (QED) is 0.869. The highest BCUT2D eigenvalue weighted by Gasteiger charge is 2.07. The molecule has 0 unspecified atom stereocenters. The van der Waals surface area contributed by atoms with Gasteiger partial charge in [-0.05, 0) is 18.6 Å². The molecule has 0 spiro atoms. The third-order valence-corrected chi connectivity index (χ3v) is 3.23. The summed E-state index contributed by atoms with van der Waals surface area (Å²) in [6.07, 6.45) is 2.38. The van der Waals surface area contributed by atoms with E-state index in [-0.39, 0.29) is 5.91 Å². The van der Waals surface area contributed by atoms with Gasteiger partial charge in [0.05, 0.1) is 12.1 Å². The zero-order chi connectivity index (χ0) is 14.5. The van der Waals surface area contributed by atoms with Crippen LogP contribution in [-0.4, -0.2) is 22.7 Å². The molecule has 0 aliphatic carbocycles. The molecule has 1 heterocycles. The number of hydrogen-bond acceptors (Lipinski definition) is 3. The molecule has 0 radical (unpaired) electrons. The summed E-state index contributed by atoms with van der Waals surface area (Å²) in [5.74, 6) is 0.0109. The Hall–Kier alpha value is -2.30. The van der Waals surface area contributed by atoms with Crippen molar-refractivity contribution in [1.82, 2.24) is 15.1 Å². The molecule has 0 fully saturated rings. The van der Waals surface area contributed by atoms with Gasteiger partial charge in [-0.25, -0.2) is 0 Å². The van der Waals surface area contributed by atoms with E-state index in [1.807, 2.05) is 49.1 Å². The number of carbonyl (C=O) groups is 1. The average molecular weight is 272 g/mol. The van der Waals surface area contributed by atoms with Crippen LogP contribution in [0.3, 0.4) is 0 Å². The second-order valence-electron chi connectivity index (χ2n) is 4.77. The van der Waals surface area contributed by atoms with Crippen LogP contribution in [0.1, 0.15) is 16.8 Å². The van der Waals surface area contributed by atoms with Crippen molar-refractivity contribution in [3.05, 3.63) is 47.3 Å². The van der Waals surface area contributed by atoms with Crippen LogP contribution in [0, 0.1) is 6.92 Å². The van der Waals surface area contributed by atoms with Crippen molar-refractivity contribution >= 4 is 11.6 Å². The zero-order valence-corrected chi connectivity index (χ0v) is 12.1. The van der Waals surface area contributed by atoms with Crippen LogP contribution < -0.4 is 10.6 Å². The third kappa shape index (κ3) is 3.38. The SMILES string of the molecule is CNC(=O)Cc1ccccc1NCc1cn(C)nc1C. The Labute approximate surface area is 119 Å². The molecule has 1 amide bonds. The Morgan fingerprint density at radius 1 is 1.30 bits per heavy atom. The van der Waals surface area contributed by atoms with Crippen LogP contribution >= 0.6 is 0 Å². The summed E-state index contributed by atoms with van der Waals surface area (Å²) in [5, 5.41) is 10.3. The molecular weight excluding hydrogens is 252 g/mol. The van der Waals surface area contributed by atoms with E-state index in [0.717, 1.165) is 22.5 Å². The van der Waals surface area contributed by atoms with Gasteiger partial charge < -0.3 is 10.6 Å². The summed E-state index contributed by atoms with van der Waals surface area (Å²) in [5.41, 5.74) is 4.15. The smallest absolute Gasteiger partial charge is 0.224 e. The molecule has 0 saturated carbocycles. The predicted octanol–water partition coefficient (Wildman–Crippen LogP) is 1.63. The number of benzene rings is 1. The molecule has 0 aliphatic heterocycles. The largest absolute Gasteiger partial charge is 0.381 e. The normalized spacial score (nSPS) is 10.3. The highest BCUT2D eigenvalue weighted by Crippen LogP contribution is 2.17. The van der Waals surface area contributed by atoms with Crippen LogP contribution in [0.4, 0.5) is 5.69 Å². The number of amides is 1. The van der Waals surface area contributed by atoms with Gasteiger partial charge in [-0.3, -0.25) is 9.48 Å². The van der Waals surface area contributed by atoms with E-state index in [0.29, 0.717) is 13.0 Å². The van der Waals surface area contributed by atoms with Gasteiger partial charge in [0, 0.05) is 38.1 Å². The van der Waals surface area contributed by atoms with Gasteiger partial charge >= 0.3 is 0 Å². The van der Waals surface area contributed by atoms with Crippen molar-refractivity contribution in [2.75, 3.05) is 12.4 Å². The van der Waals surface area contributed by atoms with Gasteiger partial charge in [-0.15, -0.1) is 0 Å². The first-order chi connectivity index (χ1) is 9.60. The fourth-order valence-electron chi connectivity index (χ4n) is 2.12. The average Bonchev–Trinajstić information content (AvgIpc) is 2.76. The number of nitrogens with one attached hydrogen (secondary N) is 2. The Morgan fingerprint density at radius 3 is 2.70 bits per heavy atom. The fourth-order valence-corrected chi connectivity index (χ4v) is 2.12. The van der Waals surface area contributed by atoms with Gasteiger partial charge in [-0.1, -0.05) is 18.2 Å². The van der Waals surface area contributed by atoms with Gasteiger partial charge in [0.25, 0.3) is 0 Å². The van der Waals surface area contributed by atoms with Gasteiger partial charge in [0.2, 0.25) is 5.91 Å². The van der Waals surface area contributed by atoms with E-state index in [2.05, 4.69) is 15.7 Å². The van der Waals surface area contributed by atoms with Crippen LogP contribution in [-0.2, 0) is 24.8 Å². The van der Waals surface area contributed by atoms with Crippen molar-refractivity contribution in [3.63, 3.8) is 0 Å². The molecule has 1 aromatic heterocycles. The van der Waals surface area contributed by atoms with Crippen molar-refractivity contribution in [1.29, 1.82) is 0 Å². The second kappa shape index (κ2) is 6.23. The van der Waals surface area contributed by atoms with Crippen LogP contribution in [0.15, 0.2) is 30.5 Å². The summed E-state index contributed by atoms with van der Waals surface area (Å²) in [7, 11) is 3.56. The zero-order valence-electron chi connectivity index (χ0n) is 12.1. The number of carbonyl (C=O) groups excluding carboxylic acids is 1. The van der Waals surface area contributed by atoms with Crippen molar-refractivity contribution in [2.24, 2.45) is 7.05 Å².